The average Bonchev–Trinajstić information content (AvgIpc) is 2.54. The number of carbonyl (C=O) groups excluding carboxylic acids is 3. The predicted octanol–water partition coefficient (Wildman–Crippen LogP) is 3.03. The zero-order valence-electron chi connectivity index (χ0n) is 15.9. The van der Waals surface area contributed by atoms with Crippen LogP contribution in [0.2, 0.25) is 5.02 Å². The van der Waals surface area contributed by atoms with Gasteiger partial charge in [0.05, 0.1) is 22.1 Å². The minimum absolute atomic E-state index is 0.0235. The number of non-ortho nitro benzene ring substituents is 1. The number of nitro groups is 1. The van der Waals surface area contributed by atoms with Gasteiger partial charge in [-0.15, -0.1) is 0 Å². The van der Waals surface area contributed by atoms with Gasteiger partial charge in [-0.25, -0.2) is 4.79 Å². The monoisotopic (exact) mass is 415 g/mol. The first kappa shape index (κ1) is 23.2. The summed E-state index contributed by atoms with van der Waals surface area (Å²) in [5.74, 6) is -1.43. The van der Waals surface area contributed by atoms with Gasteiger partial charge in [0.1, 0.15) is 5.60 Å². The summed E-state index contributed by atoms with van der Waals surface area (Å²) >= 11 is 5.90. The average molecular weight is 416 g/mol. The summed E-state index contributed by atoms with van der Waals surface area (Å²) in [6.07, 6.45) is -2.02. The summed E-state index contributed by atoms with van der Waals surface area (Å²) in [6, 6.07) is 3.56. The van der Waals surface area contributed by atoms with E-state index in [0.29, 0.717) is 0 Å². The quantitative estimate of drug-likeness (QED) is 0.396. The van der Waals surface area contributed by atoms with Gasteiger partial charge in [0.25, 0.3) is 11.6 Å². The highest BCUT2D eigenvalue weighted by atomic mass is 35.5. The van der Waals surface area contributed by atoms with Crippen LogP contribution in [0.4, 0.5) is 16.2 Å². The molecular weight excluding hydrogens is 394 g/mol. The van der Waals surface area contributed by atoms with E-state index in [0.717, 1.165) is 6.07 Å². The highest BCUT2D eigenvalue weighted by Gasteiger charge is 2.21. The molecule has 1 aromatic carbocycles. The molecule has 1 rings (SSSR count). The summed E-state index contributed by atoms with van der Waals surface area (Å²) in [5.41, 5.74) is -0.891. The third-order valence-corrected chi connectivity index (χ3v) is 3.42. The topological polar surface area (TPSA) is 137 Å². The number of amides is 2. The number of halogens is 1. The molecule has 0 aromatic heterocycles. The van der Waals surface area contributed by atoms with Crippen LogP contribution in [0, 0.1) is 10.1 Å². The van der Waals surface area contributed by atoms with E-state index in [-0.39, 0.29) is 29.4 Å². The third-order valence-electron chi connectivity index (χ3n) is 3.09. The van der Waals surface area contributed by atoms with Crippen LogP contribution in [0.15, 0.2) is 18.2 Å². The van der Waals surface area contributed by atoms with Gasteiger partial charge in [0, 0.05) is 18.7 Å². The number of anilines is 1. The fourth-order valence-corrected chi connectivity index (χ4v) is 2.01. The standard InChI is InChI=1S/C17H22ClN3O7/c1-10(27-14(22)7-8-19-16(24)28-17(2,3)4)15(23)20-13-9-11(21(25)26)5-6-12(13)18/h5-6,9-10H,7-8H2,1-4H3,(H,19,24)(H,20,23). The molecule has 154 valence electrons. The van der Waals surface area contributed by atoms with Gasteiger partial charge in [-0.1, -0.05) is 11.6 Å². The molecule has 0 saturated heterocycles. The minimum Gasteiger partial charge on any atom is -0.452 e. The molecule has 0 radical (unpaired) electrons. The first-order valence-electron chi connectivity index (χ1n) is 8.30. The Morgan fingerprint density at radius 1 is 1.29 bits per heavy atom. The van der Waals surface area contributed by atoms with Gasteiger partial charge in [-0.2, -0.15) is 0 Å². The second kappa shape index (κ2) is 9.88. The summed E-state index contributed by atoms with van der Waals surface area (Å²) in [4.78, 5) is 45.5. The van der Waals surface area contributed by atoms with Gasteiger partial charge in [-0.05, 0) is 33.8 Å². The van der Waals surface area contributed by atoms with E-state index in [1.54, 1.807) is 20.8 Å². The van der Waals surface area contributed by atoms with Crippen LogP contribution >= 0.6 is 11.6 Å². The molecule has 10 nitrogen and oxygen atoms in total. The molecule has 0 fully saturated rings. The summed E-state index contributed by atoms with van der Waals surface area (Å²) in [6.45, 7) is 6.41. The zero-order chi connectivity index (χ0) is 21.5. The van der Waals surface area contributed by atoms with Crippen molar-refractivity contribution in [3.05, 3.63) is 33.3 Å². The van der Waals surface area contributed by atoms with E-state index in [1.807, 2.05) is 0 Å². The molecule has 0 aliphatic rings. The number of hydrogen-bond donors (Lipinski definition) is 2. The maximum atomic E-state index is 12.1. The first-order valence-corrected chi connectivity index (χ1v) is 8.68. The van der Waals surface area contributed by atoms with Crippen LogP contribution in [0.25, 0.3) is 0 Å². The van der Waals surface area contributed by atoms with Crippen LogP contribution in [0.5, 0.6) is 0 Å². The molecule has 2 N–H and O–H groups in total. The second-order valence-electron chi connectivity index (χ2n) is 6.72. The Morgan fingerprint density at radius 2 is 1.93 bits per heavy atom. The number of carbonyl (C=O) groups is 3. The van der Waals surface area contributed by atoms with Crippen molar-refractivity contribution in [2.45, 2.75) is 45.8 Å². The lowest BCUT2D eigenvalue weighted by molar-refractivity contribution is -0.384. The fraction of sp³-hybridized carbons (Fsp3) is 0.471. The Morgan fingerprint density at radius 3 is 2.50 bits per heavy atom. The Labute approximate surface area is 166 Å². The van der Waals surface area contributed by atoms with Crippen molar-refractivity contribution in [1.82, 2.24) is 5.32 Å². The predicted molar refractivity (Wildman–Crippen MR) is 101 cm³/mol. The van der Waals surface area contributed by atoms with Gasteiger partial charge >= 0.3 is 12.1 Å². The summed E-state index contributed by atoms with van der Waals surface area (Å²) < 4.78 is 9.98. The van der Waals surface area contributed by atoms with Crippen molar-refractivity contribution >= 4 is 40.9 Å². The van der Waals surface area contributed by atoms with Gasteiger partial charge in [-0.3, -0.25) is 19.7 Å². The number of hydrogen-bond acceptors (Lipinski definition) is 7. The van der Waals surface area contributed by atoms with Crippen LogP contribution in [0.3, 0.4) is 0 Å². The largest absolute Gasteiger partial charge is 0.452 e. The number of nitrogens with one attached hydrogen (secondary N) is 2. The van der Waals surface area contributed by atoms with Gasteiger partial charge in [0.15, 0.2) is 6.10 Å². The Kier molecular flexibility index (Phi) is 8.17. The lowest BCUT2D eigenvalue weighted by Gasteiger charge is -2.19. The van der Waals surface area contributed by atoms with Gasteiger partial charge < -0.3 is 20.1 Å². The lowest BCUT2D eigenvalue weighted by Crippen LogP contribution is -2.35. The van der Waals surface area contributed by atoms with Crippen molar-refractivity contribution in [3.8, 4) is 0 Å². The van der Waals surface area contributed by atoms with Crippen LogP contribution in [0.1, 0.15) is 34.1 Å². The molecule has 0 spiro atoms. The fourth-order valence-electron chi connectivity index (χ4n) is 1.85. The Bertz CT molecular complexity index is 762. The molecule has 1 atom stereocenters. The number of esters is 1. The number of ether oxygens (including phenoxy) is 2. The van der Waals surface area contributed by atoms with Gasteiger partial charge in [0.2, 0.25) is 0 Å². The molecule has 0 aliphatic carbocycles. The maximum absolute atomic E-state index is 12.1. The summed E-state index contributed by atoms with van der Waals surface area (Å²) in [5, 5.41) is 15.7. The van der Waals surface area contributed by atoms with E-state index in [9.17, 15) is 24.5 Å². The van der Waals surface area contributed by atoms with Crippen molar-refractivity contribution in [2.24, 2.45) is 0 Å². The molecule has 0 saturated carbocycles. The molecule has 0 heterocycles. The van der Waals surface area contributed by atoms with E-state index >= 15 is 0 Å². The van der Waals surface area contributed by atoms with Crippen LogP contribution in [-0.4, -0.2) is 41.1 Å². The Hall–Kier alpha value is -2.88. The zero-order valence-corrected chi connectivity index (χ0v) is 16.7. The number of rotatable bonds is 7. The summed E-state index contributed by atoms with van der Waals surface area (Å²) in [7, 11) is 0. The normalized spacial score (nSPS) is 11.9. The molecule has 0 aliphatic heterocycles. The highest BCUT2D eigenvalue weighted by Crippen LogP contribution is 2.26. The van der Waals surface area contributed by atoms with Crippen molar-refractivity contribution in [2.75, 3.05) is 11.9 Å². The molecule has 0 bridgehead atoms. The number of nitro benzene ring substituents is 1. The van der Waals surface area contributed by atoms with E-state index in [4.69, 9.17) is 21.1 Å². The third kappa shape index (κ3) is 8.21. The molecular formula is C17H22ClN3O7. The lowest BCUT2D eigenvalue weighted by atomic mass is 10.2. The Balaban J connectivity index is 2.50. The molecule has 28 heavy (non-hydrogen) atoms. The molecule has 11 heteroatoms. The highest BCUT2D eigenvalue weighted by molar-refractivity contribution is 6.33. The second-order valence-corrected chi connectivity index (χ2v) is 7.13. The number of benzene rings is 1. The molecule has 1 aromatic rings. The van der Waals surface area contributed by atoms with E-state index < -0.39 is 34.6 Å². The molecule has 2 amide bonds. The minimum atomic E-state index is -1.18. The number of alkyl carbamates (subject to hydrolysis) is 1. The van der Waals surface area contributed by atoms with Crippen LogP contribution in [-0.2, 0) is 19.1 Å². The molecule has 1 unspecified atom stereocenters. The van der Waals surface area contributed by atoms with Crippen LogP contribution < -0.4 is 10.6 Å². The van der Waals surface area contributed by atoms with Crippen molar-refractivity contribution < 1.29 is 28.8 Å². The SMILES string of the molecule is CC(OC(=O)CCNC(=O)OC(C)(C)C)C(=O)Nc1cc([N+](=O)[O-])ccc1Cl. The van der Waals surface area contributed by atoms with E-state index in [2.05, 4.69) is 10.6 Å². The maximum Gasteiger partial charge on any atom is 0.407 e. The van der Waals surface area contributed by atoms with E-state index in [1.165, 1.54) is 19.1 Å². The first-order chi connectivity index (χ1) is 12.9. The smallest absolute Gasteiger partial charge is 0.407 e. The van der Waals surface area contributed by atoms with Crippen molar-refractivity contribution in [1.29, 1.82) is 0 Å². The van der Waals surface area contributed by atoms with Crippen molar-refractivity contribution in [3.63, 3.8) is 0 Å². The number of nitrogens with zero attached hydrogens (tertiary/aromatic N) is 1.